The van der Waals surface area contributed by atoms with Gasteiger partial charge in [-0.2, -0.15) is 0 Å². The van der Waals surface area contributed by atoms with Gasteiger partial charge in [0.25, 0.3) is 5.91 Å². The zero-order valence-electron chi connectivity index (χ0n) is 15.3. The van der Waals surface area contributed by atoms with Crippen molar-refractivity contribution in [2.45, 2.75) is 38.1 Å². The van der Waals surface area contributed by atoms with Crippen molar-refractivity contribution in [1.29, 1.82) is 0 Å². The number of aromatic nitrogens is 2. The topological polar surface area (TPSA) is 68.5 Å². The molecule has 1 fully saturated rings. The number of nitrogens with zero attached hydrogens (tertiary/aromatic N) is 3. The molecule has 138 valence electrons. The standard InChI is InChI=1S/C21H21N3O3/c1-26-19-11-15(14-7-2-3-8-16(14)22-19)21(25)24-10-9-18-17(12-24)23-20(27-18)13-5-4-6-13/h2-3,7-8,11,13H,4-6,9-10,12H2,1H3. The zero-order chi connectivity index (χ0) is 18.4. The molecule has 0 atom stereocenters. The van der Waals surface area contributed by atoms with E-state index in [-0.39, 0.29) is 5.91 Å². The molecule has 0 unspecified atom stereocenters. The number of carbonyl (C=O) groups excluding carboxylic acids is 1. The summed E-state index contributed by atoms with van der Waals surface area (Å²) in [5.74, 6) is 2.69. The molecule has 1 aromatic carbocycles. The van der Waals surface area contributed by atoms with Crippen molar-refractivity contribution in [2.75, 3.05) is 13.7 Å². The summed E-state index contributed by atoms with van der Waals surface area (Å²) in [4.78, 5) is 24.3. The zero-order valence-corrected chi connectivity index (χ0v) is 15.3. The Labute approximate surface area is 157 Å². The number of carbonyl (C=O) groups is 1. The van der Waals surface area contributed by atoms with E-state index in [1.54, 1.807) is 13.2 Å². The fraction of sp³-hybridized carbons (Fsp3) is 0.381. The van der Waals surface area contributed by atoms with Crippen molar-refractivity contribution in [3.8, 4) is 5.88 Å². The number of rotatable bonds is 3. The molecule has 2 aliphatic rings. The number of methoxy groups -OCH3 is 1. The van der Waals surface area contributed by atoms with E-state index in [1.165, 1.54) is 6.42 Å². The van der Waals surface area contributed by atoms with Crippen molar-refractivity contribution < 1.29 is 13.9 Å². The largest absolute Gasteiger partial charge is 0.481 e. The third kappa shape index (κ3) is 2.76. The molecule has 1 saturated carbocycles. The Balaban J connectivity index is 1.46. The predicted octanol–water partition coefficient (Wildman–Crippen LogP) is 3.70. The molecule has 3 aromatic rings. The first-order valence-electron chi connectivity index (χ1n) is 9.44. The van der Waals surface area contributed by atoms with Gasteiger partial charge in [-0.15, -0.1) is 0 Å². The van der Waals surface area contributed by atoms with Gasteiger partial charge in [-0.25, -0.2) is 9.97 Å². The molecular weight excluding hydrogens is 342 g/mol. The highest BCUT2D eigenvalue weighted by Crippen LogP contribution is 2.37. The van der Waals surface area contributed by atoms with Gasteiger partial charge in [-0.3, -0.25) is 4.79 Å². The minimum Gasteiger partial charge on any atom is -0.481 e. The fourth-order valence-electron chi connectivity index (χ4n) is 3.82. The molecule has 6 nitrogen and oxygen atoms in total. The van der Waals surface area contributed by atoms with Gasteiger partial charge in [-0.05, 0) is 18.9 Å². The van der Waals surface area contributed by atoms with Crippen LogP contribution in [0, 0.1) is 0 Å². The van der Waals surface area contributed by atoms with Crippen molar-refractivity contribution in [2.24, 2.45) is 0 Å². The number of ether oxygens (including phenoxy) is 1. The van der Waals surface area contributed by atoms with Crippen LogP contribution < -0.4 is 4.74 Å². The molecule has 0 saturated heterocycles. The van der Waals surface area contributed by atoms with Crippen LogP contribution in [0.5, 0.6) is 5.88 Å². The highest BCUT2D eigenvalue weighted by Gasteiger charge is 2.31. The summed E-state index contributed by atoms with van der Waals surface area (Å²) in [7, 11) is 1.57. The molecule has 2 aromatic heterocycles. The van der Waals surface area contributed by atoms with Gasteiger partial charge >= 0.3 is 0 Å². The maximum Gasteiger partial charge on any atom is 0.255 e. The molecule has 6 heteroatoms. The second-order valence-corrected chi connectivity index (χ2v) is 7.26. The van der Waals surface area contributed by atoms with Gasteiger partial charge in [0.1, 0.15) is 11.5 Å². The highest BCUT2D eigenvalue weighted by molar-refractivity contribution is 6.06. The Hall–Kier alpha value is -2.89. The maximum absolute atomic E-state index is 13.3. The van der Waals surface area contributed by atoms with Crippen LogP contribution in [0.3, 0.4) is 0 Å². The first-order chi connectivity index (χ1) is 13.2. The summed E-state index contributed by atoms with van der Waals surface area (Å²) in [6.45, 7) is 1.12. The summed E-state index contributed by atoms with van der Waals surface area (Å²) in [6.07, 6.45) is 4.27. The lowest BCUT2D eigenvalue weighted by Crippen LogP contribution is -2.36. The SMILES string of the molecule is COc1cc(C(=O)N2CCc3oc(C4CCC4)nc3C2)c2ccccc2n1. The van der Waals surface area contributed by atoms with Crippen LogP contribution in [0.15, 0.2) is 34.7 Å². The smallest absolute Gasteiger partial charge is 0.255 e. The van der Waals surface area contributed by atoms with Gasteiger partial charge < -0.3 is 14.1 Å². The minimum absolute atomic E-state index is 0.0225. The van der Waals surface area contributed by atoms with Crippen LogP contribution in [0.1, 0.15) is 52.9 Å². The number of oxazole rings is 1. The molecule has 5 rings (SSSR count). The Morgan fingerprint density at radius 3 is 2.89 bits per heavy atom. The summed E-state index contributed by atoms with van der Waals surface area (Å²) >= 11 is 0. The Morgan fingerprint density at radius 2 is 2.11 bits per heavy atom. The van der Waals surface area contributed by atoms with Crippen molar-refractivity contribution >= 4 is 16.8 Å². The number of fused-ring (bicyclic) bond motifs is 2. The van der Waals surface area contributed by atoms with Crippen LogP contribution in [0.4, 0.5) is 0 Å². The van der Waals surface area contributed by atoms with E-state index in [4.69, 9.17) is 14.1 Å². The highest BCUT2D eigenvalue weighted by atomic mass is 16.5. The normalized spacial score (nSPS) is 16.9. The van der Waals surface area contributed by atoms with Crippen LogP contribution in [-0.2, 0) is 13.0 Å². The molecule has 0 bridgehead atoms. The van der Waals surface area contributed by atoms with Crippen LogP contribution in [0.25, 0.3) is 10.9 Å². The maximum atomic E-state index is 13.3. The van der Waals surface area contributed by atoms with Crippen molar-refractivity contribution in [1.82, 2.24) is 14.9 Å². The molecule has 1 aliphatic carbocycles. The summed E-state index contributed by atoms with van der Waals surface area (Å²) in [5.41, 5.74) is 2.28. The summed E-state index contributed by atoms with van der Waals surface area (Å²) < 4.78 is 11.3. The molecule has 1 amide bonds. The number of para-hydroxylation sites is 1. The monoisotopic (exact) mass is 363 g/mol. The van der Waals surface area contributed by atoms with Gasteiger partial charge in [0.2, 0.25) is 5.88 Å². The Kier molecular flexibility index (Phi) is 3.85. The summed E-state index contributed by atoms with van der Waals surface area (Å²) in [6, 6.07) is 9.38. The summed E-state index contributed by atoms with van der Waals surface area (Å²) in [5, 5.41) is 0.837. The first-order valence-corrected chi connectivity index (χ1v) is 9.44. The number of pyridine rings is 1. The van der Waals surface area contributed by atoms with Gasteiger partial charge in [0, 0.05) is 30.3 Å². The predicted molar refractivity (Wildman–Crippen MR) is 99.8 cm³/mol. The molecule has 0 spiro atoms. The van der Waals surface area contributed by atoms with Crippen LogP contribution in [-0.4, -0.2) is 34.4 Å². The average molecular weight is 363 g/mol. The second kappa shape index (κ2) is 6.37. The average Bonchev–Trinajstić information content (AvgIpc) is 3.07. The number of hydrogen-bond donors (Lipinski definition) is 0. The van der Waals surface area contributed by atoms with Crippen LogP contribution >= 0.6 is 0 Å². The van der Waals surface area contributed by atoms with E-state index in [0.717, 1.165) is 41.1 Å². The molecule has 1 aliphatic heterocycles. The lowest BCUT2D eigenvalue weighted by Gasteiger charge is -2.26. The van der Waals surface area contributed by atoms with E-state index in [1.807, 2.05) is 29.2 Å². The third-order valence-corrected chi connectivity index (χ3v) is 5.62. The first kappa shape index (κ1) is 16.3. The fourth-order valence-corrected chi connectivity index (χ4v) is 3.82. The van der Waals surface area contributed by atoms with Gasteiger partial charge in [0.15, 0.2) is 5.89 Å². The Morgan fingerprint density at radius 1 is 1.26 bits per heavy atom. The van der Waals surface area contributed by atoms with Crippen molar-refractivity contribution in [3.05, 3.63) is 53.2 Å². The number of benzene rings is 1. The molecular formula is C21H21N3O3. The van der Waals surface area contributed by atoms with E-state index in [9.17, 15) is 4.79 Å². The van der Waals surface area contributed by atoms with Crippen LogP contribution in [0.2, 0.25) is 0 Å². The Bertz CT molecular complexity index is 1020. The van der Waals surface area contributed by atoms with E-state index in [2.05, 4.69) is 4.98 Å². The number of hydrogen-bond acceptors (Lipinski definition) is 5. The van der Waals surface area contributed by atoms with Gasteiger partial charge in [0.05, 0.1) is 24.7 Å². The third-order valence-electron chi connectivity index (χ3n) is 5.62. The molecule has 0 N–H and O–H groups in total. The number of amides is 1. The van der Waals surface area contributed by atoms with E-state index in [0.29, 0.717) is 36.9 Å². The van der Waals surface area contributed by atoms with Gasteiger partial charge in [-0.1, -0.05) is 24.6 Å². The minimum atomic E-state index is -0.0225. The lowest BCUT2D eigenvalue weighted by atomic mass is 9.85. The second-order valence-electron chi connectivity index (χ2n) is 7.26. The molecule has 27 heavy (non-hydrogen) atoms. The quantitative estimate of drug-likeness (QED) is 0.710. The molecule has 3 heterocycles. The van der Waals surface area contributed by atoms with E-state index < -0.39 is 0 Å². The lowest BCUT2D eigenvalue weighted by molar-refractivity contribution is 0.0729. The van der Waals surface area contributed by atoms with E-state index >= 15 is 0 Å². The van der Waals surface area contributed by atoms with Crippen molar-refractivity contribution in [3.63, 3.8) is 0 Å². The molecule has 0 radical (unpaired) electrons.